The van der Waals surface area contributed by atoms with Gasteiger partial charge in [-0.2, -0.15) is 10.4 Å². The van der Waals surface area contributed by atoms with Crippen LogP contribution in [0.4, 0.5) is 0 Å². The van der Waals surface area contributed by atoms with E-state index in [9.17, 15) is 10.1 Å². The van der Waals surface area contributed by atoms with Crippen LogP contribution in [0.5, 0.6) is 5.88 Å². The van der Waals surface area contributed by atoms with Crippen molar-refractivity contribution in [3.8, 4) is 17.6 Å². The number of amides is 1. The number of benzene rings is 1. The van der Waals surface area contributed by atoms with E-state index in [4.69, 9.17) is 26.0 Å². The maximum Gasteiger partial charge on any atom is 0.285 e. The summed E-state index contributed by atoms with van der Waals surface area (Å²) in [6.07, 6.45) is 4.04. The number of nitrogens with zero attached hydrogens (tertiary/aromatic N) is 5. The Morgan fingerprint density at radius 1 is 1.31 bits per heavy atom. The lowest BCUT2D eigenvalue weighted by Gasteiger charge is -2.25. The summed E-state index contributed by atoms with van der Waals surface area (Å²) in [7, 11) is 1.80. The van der Waals surface area contributed by atoms with Gasteiger partial charge in [0.05, 0.1) is 23.8 Å². The summed E-state index contributed by atoms with van der Waals surface area (Å²) in [6, 6.07) is 9.70. The SMILES string of the molecule is Cn1nc(C2CCOC2)c2c1OC(N)=C(C#N)C2c1ccc(-n2ccnc2C(N)=O)cc1. The zero-order valence-corrected chi connectivity index (χ0v) is 17.4. The molecule has 2 aliphatic heterocycles. The molecule has 0 spiro atoms. The van der Waals surface area contributed by atoms with E-state index in [1.807, 2.05) is 24.3 Å². The van der Waals surface area contributed by atoms with E-state index >= 15 is 0 Å². The molecule has 2 unspecified atom stereocenters. The Morgan fingerprint density at radius 3 is 2.75 bits per heavy atom. The summed E-state index contributed by atoms with van der Waals surface area (Å²) in [4.78, 5) is 15.7. The zero-order valence-electron chi connectivity index (χ0n) is 17.4. The van der Waals surface area contributed by atoms with Gasteiger partial charge in [0.2, 0.25) is 17.6 Å². The maximum atomic E-state index is 11.6. The van der Waals surface area contributed by atoms with E-state index in [0.717, 1.165) is 28.9 Å². The van der Waals surface area contributed by atoms with Crippen molar-refractivity contribution in [1.82, 2.24) is 19.3 Å². The quantitative estimate of drug-likeness (QED) is 0.635. The minimum Gasteiger partial charge on any atom is -0.422 e. The molecule has 4 heterocycles. The first-order chi connectivity index (χ1) is 15.5. The third kappa shape index (κ3) is 3.02. The molecule has 0 bridgehead atoms. The van der Waals surface area contributed by atoms with E-state index in [-0.39, 0.29) is 17.6 Å². The minimum atomic E-state index is -0.616. The molecule has 2 aromatic heterocycles. The van der Waals surface area contributed by atoms with Gasteiger partial charge in [0.1, 0.15) is 11.6 Å². The van der Waals surface area contributed by atoms with Gasteiger partial charge in [-0.1, -0.05) is 12.1 Å². The summed E-state index contributed by atoms with van der Waals surface area (Å²) >= 11 is 0. The van der Waals surface area contributed by atoms with E-state index in [0.29, 0.717) is 24.7 Å². The molecule has 2 aliphatic rings. The van der Waals surface area contributed by atoms with E-state index in [1.165, 1.54) is 6.20 Å². The Hall–Kier alpha value is -4.10. The smallest absolute Gasteiger partial charge is 0.285 e. The van der Waals surface area contributed by atoms with Crippen molar-refractivity contribution in [2.45, 2.75) is 18.3 Å². The fraction of sp³-hybridized carbons (Fsp3) is 0.273. The molecular formula is C22H21N7O3. The molecule has 10 heteroatoms. The number of primary amides is 1. The van der Waals surface area contributed by atoms with E-state index in [2.05, 4.69) is 11.1 Å². The third-order valence-electron chi connectivity index (χ3n) is 5.91. The second-order valence-electron chi connectivity index (χ2n) is 7.79. The number of aromatic nitrogens is 4. The number of hydrogen-bond acceptors (Lipinski definition) is 7. The van der Waals surface area contributed by atoms with Crippen molar-refractivity contribution < 1.29 is 14.3 Å². The molecule has 1 fully saturated rings. The Balaban J connectivity index is 1.62. The fourth-order valence-corrected chi connectivity index (χ4v) is 4.41. The Labute approximate surface area is 183 Å². The molecule has 2 atom stereocenters. The van der Waals surface area contributed by atoms with E-state index < -0.39 is 11.8 Å². The van der Waals surface area contributed by atoms with Crippen LogP contribution in [0.25, 0.3) is 5.69 Å². The number of carbonyl (C=O) groups is 1. The molecule has 4 N–H and O–H groups in total. The zero-order chi connectivity index (χ0) is 22.4. The standard InChI is InChI=1S/C22H21N7O3/c1-28-22-17(18(27-28)13-6-9-31-11-13)16(15(10-23)20(25)32-22)12-2-4-14(5-3-12)29-8-7-26-21(29)19(24)30/h2-5,7-8,13,16H,6,9,11,25H2,1H3,(H2,24,30). The molecule has 10 nitrogen and oxygen atoms in total. The van der Waals surface area contributed by atoms with Crippen LogP contribution in [0.15, 0.2) is 48.1 Å². The topological polar surface area (TPSA) is 147 Å². The fourth-order valence-electron chi connectivity index (χ4n) is 4.41. The summed E-state index contributed by atoms with van der Waals surface area (Å²) in [5.41, 5.74) is 15.1. The molecule has 0 radical (unpaired) electrons. The highest BCUT2D eigenvalue weighted by molar-refractivity contribution is 5.89. The average Bonchev–Trinajstić information content (AvgIpc) is 3.54. The predicted molar refractivity (Wildman–Crippen MR) is 113 cm³/mol. The van der Waals surface area contributed by atoms with Crippen LogP contribution in [0.2, 0.25) is 0 Å². The van der Waals surface area contributed by atoms with Crippen molar-refractivity contribution in [3.05, 3.63) is 70.8 Å². The van der Waals surface area contributed by atoms with Gasteiger partial charge in [-0.05, 0) is 24.1 Å². The lowest BCUT2D eigenvalue weighted by Crippen LogP contribution is -2.22. The number of aryl methyl sites for hydroxylation is 1. The summed E-state index contributed by atoms with van der Waals surface area (Å²) in [6.45, 7) is 1.25. The highest BCUT2D eigenvalue weighted by Gasteiger charge is 2.39. The molecule has 1 aromatic carbocycles. The lowest BCUT2D eigenvalue weighted by molar-refractivity contribution is 0.0989. The monoisotopic (exact) mass is 431 g/mol. The normalized spacial score (nSPS) is 20.0. The number of nitrogens with two attached hydrogens (primary N) is 2. The summed E-state index contributed by atoms with van der Waals surface area (Å²) in [5, 5.41) is 14.6. The first-order valence-corrected chi connectivity index (χ1v) is 10.1. The van der Waals surface area contributed by atoms with Gasteiger partial charge in [0, 0.05) is 37.7 Å². The number of rotatable bonds is 4. The van der Waals surface area contributed by atoms with Crippen molar-refractivity contribution in [2.24, 2.45) is 18.5 Å². The molecule has 5 rings (SSSR count). The molecule has 162 valence electrons. The number of imidazole rings is 1. The highest BCUT2D eigenvalue weighted by atomic mass is 16.5. The molecular weight excluding hydrogens is 410 g/mol. The average molecular weight is 431 g/mol. The largest absolute Gasteiger partial charge is 0.422 e. The third-order valence-corrected chi connectivity index (χ3v) is 5.91. The van der Waals surface area contributed by atoms with Crippen LogP contribution in [0.1, 0.15) is 45.7 Å². The van der Waals surface area contributed by atoms with E-state index in [1.54, 1.807) is 22.5 Å². The maximum absolute atomic E-state index is 11.6. The van der Waals surface area contributed by atoms with Crippen molar-refractivity contribution in [3.63, 3.8) is 0 Å². The number of hydrogen-bond donors (Lipinski definition) is 2. The van der Waals surface area contributed by atoms with Crippen molar-refractivity contribution in [1.29, 1.82) is 5.26 Å². The molecule has 1 amide bonds. The van der Waals surface area contributed by atoms with Gasteiger partial charge < -0.3 is 20.9 Å². The first kappa shape index (κ1) is 19.8. The summed E-state index contributed by atoms with van der Waals surface area (Å²) in [5.74, 6) is -0.183. The van der Waals surface area contributed by atoms with Gasteiger partial charge in [-0.15, -0.1) is 0 Å². The Bertz CT molecular complexity index is 1270. The summed E-state index contributed by atoms with van der Waals surface area (Å²) < 4.78 is 14.7. The molecule has 32 heavy (non-hydrogen) atoms. The van der Waals surface area contributed by atoms with Crippen LogP contribution in [0.3, 0.4) is 0 Å². The van der Waals surface area contributed by atoms with Gasteiger partial charge in [0.25, 0.3) is 5.91 Å². The molecule has 1 saturated heterocycles. The van der Waals surface area contributed by atoms with Gasteiger partial charge >= 0.3 is 0 Å². The van der Waals surface area contributed by atoms with Crippen molar-refractivity contribution >= 4 is 5.91 Å². The van der Waals surface area contributed by atoms with Crippen LogP contribution in [-0.4, -0.2) is 38.5 Å². The Kier molecular flexibility index (Phi) is 4.68. The molecule has 3 aromatic rings. The number of fused-ring (bicyclic) bond motifs is 1. The second-order valence-corrected chi connectivity index (χ2v) is 7.79. The predicted octanol–water partition coefficient (Wildman–Crippen LogP) is 1.43. The molecule has 0 aliphatic carbocycles. The van der Waals surface area contributed by atoms with Gasteiger partial charge in [-0.3, -0.25) is 9.36 Å². The minimum absolute atomic E-state index is 0.0666. The van der Waals surface area contributed by atoms with Gasteiger partial charge in [-0.25, -0.2) is 9.67 Å². The first-order valence-electron chi connectivity index (χ1n) is 10.1. The second kappa shape index (κ2) is 7.55. The van der Waals surface area contributed by atoms with Crippen LogP contribution >= 0.6 is 0 Å². The number of carbonyl (C=O) groups excluding carboxylic acids is 1. The lowest BCUT2D eigenvalue weighted by atomic mass is 9.82. The van der Waals surface area contributed by atoms with Crippen molar-refractivity contribution in [2.75, 3.05) is 13.2 Å². The molecule has 0 saturated carbocycles. The number of nitriles is 1. The highest BCUT2D eigenvalue weighted by Crippen LogP contribution is 2.46. The number of ether oxygens (including phenoxy) is 2. The number of allylic oxidation sites excluding steroid dienone is 1. The van der Waals surface area contributed by atoms with Gasteiger partial charge in [0.15, 0.2) is 0 Å². The van der Waals surface area contributed by atoms with Crippen LogP contribution in [-0.2, 0) is 11.8 Å². The Morgan fingerprint density at radius 2 is 2.09 bits per heavy atom. The van der Waals surface area contributed by atoms with Crippen LogP contribution in [0, 0.1) is 11.3 Å². The van der Waals surface area contributed by atoms with Crippen LogP contribution < -0.4 is 16.2 Å².